The van der Waals surface area contributed by atoms with Crippen molar-refractivity contribution in [2.75, 3.05) is 33.2 Å². The van der Waals surface area contributed by atoms with Crippen molar-refractivity contribution in [3.8, 4) is 0 Å². The van der Waals surface area contributed by atoms with Gasteiger partial charge in [0.15, 0.2) is 0 Å². The molecule has 1 amide bonds. The summed E-state index contributed by atoms with van der Waals surface area (Å²) in [5.74, 6) is 0.865. The topological polar surface area (TPSA) is 87.5 Å². The quantitative estimate of drug-likeness (QED) is 0.555. The Morgan fingerprint density at radius 1 is 1.25 bits per heavy atom. The fraction of sp³-hybridized carbons (Fsp3) is 0.652. The van der Waals surface area contributed by atoms with Crippen molar-refractivity contribution in [1.82, 2.24) is 24.1 Å². The highest BCUT2D eigenvalue weighted by atomic mass is 32.2. The fourth-order valence-electron chi connectivity index (χ4n) is 4.44. The standard InChI is InChI=1S/C23H35N5O3S/c1-3-13-28-21-9-8-19(32(30,31)27-14-4-5-15-27)17-20(21)25-22(28)10-11-23(29)24-12-16-26(2)18-6-7-18/h8-9,17-18H,3-7,10-16H2,1-2H3,(H,24,29). The number of nitrogens with one attached hydrogen (secondary N) is 1. The molecule has 4 rings (SSSR count). The van der Waals surface area contributed by atoms with Crippen LogP contribution < -0.4 is 5.32 Å². The maximum absolute atomic E-state index is 12.9. The van der Waals surface area contributed by atoms with Crippen molar-refractivity contribution in [3.63, 3.8) is 0 Å². The molecule has 0 atom stereocenters. The van der Waals surface area contributed by atoms with Crippen LogP contribution in [0, 0.1) is 0 Å². The Balaban J connectivity index is 1.44. The number of fused-ring (bicyclic) bond motifs is 1. The Hall–Kier alpha value is -1.97. The van der Waals surface area contributed by atoms with Gasteiger partial charge < -0.3 is 14.8 Å². The predicted octanol–water partition coefficient (Wildman–Crippen LogP) is 2.37. The van der Waals surface area contributed by atoms with Crippen LogP contribution >= 0.6 is 0 Å². The molecule has 2 heterocycles. The van der Waals surface area contributed by atoms with Gasteiger partial charge in [-0.1, -0.05) is 6.92 Å². The Bertz CT molecular complexity index is 1060. The van der Waals surface area contributed by atoms with Crippen LogP contribution in [0.1, 0.15) is 51.3 Å². The number of sulfonamides is 1. The van der Waals surface area contributed by atoms with Crippen LogP contribution in [0.2, 0.25) is 0 Å². The lowest BCUT2D eigenvalue weighted by Crippen LogP contribution is -2.34. The number of benzene rings is 1. The minimum atomic E-state index is -3.47. The van der Waals surface area contributed by atoms with E-state index in [4.69, 9.17) is 4.98 Å². The first-order valence-electron chi connectivity index (χ1n) is 11.9. The van der Waals surface area contributed by atoms with Gasteiger partial charge in [-0.15, -0.1) is 0 Å². The minimum Gasteiger partial charge on any atom is -0.355 e. The largest absolute Gasteiger partial charge is 0.355 e. The first kappa shape index (κ1) is 23.2. The molecule has 9 heteroatoms. The molecule has 1 aliphatic carbocycles. The lowest BCUT2D eigenvalue weighted by atomic mass is 10.2. The van der Waals surface area contributed by atoms with E-state index in [1.54, 1.807) is 16.4 Å². The van der Waals surface area contributed by atoms with Crippen LogP contribution in [-0.2, 0) is 27.8 Å². The number of nitrogens with zero attached hydrogens (tertiary/aromatic N) is 4. The molecule has 176 valence electrons. The molecule has 32 heavy (non-hydrogen) atoms. The van der Waals surface area contributed by atoms with Crippen LogP contribution in [0.5, 0.6) is 0 Å². The summed E-state index contributed by atoms with van der Waals surface area (Å²) in [5.41, 5.74) is 1.61. The van der Waals surface area contributed by atoms with Crippen molar-refractivity contribution in [3.05, 3.63) is 24.0 Å². The van der Waals surface area contributed by atoms with E-state index in [9.17, 15) is 13.2 Å². The maximum atomic E-state index is 12.9. The molecule has 8 nitrogen and oxygen atoms in total. The molecule has 0 bridgehead atoms. The normalized spacial score (nSPS) is 17.5. The maximum Gasteiger partial charge on any atom is 0.243 e. The van der Waals surface area contributed by atoms with E-state index in [-0.39, 0.29) is 5.91 Å². The average Bonchev–Trinajstić information content (AvgIpc) is 3.36. The lowest BCUT2D eigenvalue weighted by Gasteiger charge is -2.15. The Morgan fingerprint density at radius 3 is 2.69 bits per heavy atom. The van der Waals surface area contributed by atoms with Crippen molar-refractivity contribution >= 4 is 27.0 Å². The third kappa shape index (κ3) is 5.15. The highest BCUT2D eigenvalue weighted by Gasteiger charge is 2.28. The molecule has 1 saturated carbocycles. The van der Waals surface area contributed by atoms with Gasteiger partial charge in [-0.05, 0) is 57.4 Å². The molecule has 1 aromatic carbocycles. The van der Waals surface area contributed by atoms with Gasteiger partial charge in [0, 0.05) is 51.6 Å². The number of carbonyl (C=O) groups is 1. The zero-order chi connectivity index (χ0) is 22.7. The number of carbonyl (C=O) groups excluding carboxylic acids is 1. The van der Waals surface area contributed by atoms with Crippen LogP contribution in [0.3, 0.4) is 0 Å². The van der Waals surface area contributed by atoms with Crippen LogP contribution in [0.4, 0.5) is 0 Å². The summed E-state index contributed by atoms with van der Waals surface area (Å²) in [6, 6.07) is 5.93. The molecule has 0 spiro atoms. The summed E-state index contributed by atoms with van der Waals surface area (Å²) < 4.78 is 29.6. The van der Waals surface area contributed by atoms with Crippen LogP contribution in [0.15, 0.2) is 23.1 Å². The van der Waals surface area contributed by atoms with Crippen LogP contribution in [0.25, 0.3) is 11.0 Å². The van der Waals surface area contributed by atoms with Crippen molar-refractivity contribution in [2.24, 2.45) is 0 Å². The van der Waals surface area contributed by atoms with E-state index in [1.807, 2.05) is 6.07 Å². The second kappa shape index (κ2) is 9.89. The average molecular weight is 462 g/mol. The molecule has 0 radical (unpaired) electrons. The van der Waals surface area contributed by atoms with Crippen molar-refractivity contribution in [1.29, 1.82) is 0 Å². The first-order valence-corrected chi connectivity index (χ1v) is 13.3. The summed E-state index contributed by atoms with van der Waals surface area (Å²) in [4.78, 5) is 19.7. The molecule has 2 aromatic rings. The van der Waals surface area contributed by atoms with E-state index in [1.165, 1.54) is 12.8 Å². The van der Waals surface area contributed by atoms with E-state index in [0.717, 1.165) is 43.7 Å². The molecule has 1 aromatic heterocycles. The summed E-state index contributed by atoms with van der Waals surface area (Å²) in [5, 5.41) is 3.01. The van der Waals surface area contributed by atoms with Crippen molar-refractivity contribution < 1.29 is 13.2 Å². The predicted molar refractivity (Wildman–Crippen MR) is 125 cm³/mol. The Labute approximate surface area is 191 Å². The highest BCUT2D eigenvalue weighted by molar-refractivity contribution is 7.89. The lowest BCUT2D eigenvalue weighted by molar-refractivity contribution is -0.121. The Morgan fingerprint density at radius 2 is 2.00 bits per heavy atom. The second-order valence-electron chi connectivity index (χ2n) is 9.00. The molecule has 1 saturated heterocycles. The van der Waals surface area contributed by atoms with Gasteiger partial charge >= 0.3 is 0 Å². The third-order valence-electron chi connectivity index (χ3n) is 6.48. The van der Waals surface area contributed by atoms with Gasteiger partial charge in [-0.2, -0.15) is 4.31 Å². The smallest absolute Gasteiger partial charge is 0.243 e. The SMILES string of the molecule is CCCn1c(CCC(=O)NCCN(C)C2CC2)nc2cc(S(=O)(=O)N3CCCC3)ccc21. The zero-order valence-electron chi connectivity index (χ0n) is 19.2. The molecular weight excluding hydrogens is 426 g/mol. The van der Waals surface area contributed by atoms with Gasteiger partial charge in [0.05, 0.1) is 15.9 Å². The van der Waals surface area contributed by atoms with E-state index < -0.39 is 10.0 Å². The van der Waals surface area contributed by atoms with Crippen LogP contribution in [-0.4, -0.2) is 72.3 Å². The Kier molecular flexibility index (Phi) is 7.17. The van der Waals surface area contributed by atoms with E-state index in [0.29, 0.717) is 48.9 Å². The second-order valence-corrected chi connectivity index (χ2v) is 10.9. The molecule has 1 aliphatic heterocycles. The summed E-state index contributed by atoms with van der Waals surface area (Å²) in [6.45, 7) is 5.60. The van der Waals surface area contributed by atoms with E-state index >= 15 is 0 Å². The van der Waals surface area contributed by atoms with Gasteiger partial charge in [0.1, 0.15) is 5.82 Å². The first-order chi connectivity index (χ1) is 15.4. The molecule has 0 unspecified atom stereocenters. The van der Waals surface area contributed by atoms with Crippen molar-refractivity contribution in [2.45, 2.75) is 69.4 Å². The summed E-state index contributed by atoms with van der Waals surface area (Å²) in [7, 11) is -1.37. The fourth-order valence-corrected chi connectivity index (χ4v) is 5.98. The number of amides is 1. The van der Waals surface area contributed by atoms with E-state index in [2.05, 4.69) is 28.8 Å². The number of hydrogen-bond donors (Lipinski definition) is 1. The minimum absolute atomic E-state index is 0.0293. The number of aromatic nitrogens is 2. The highest BCUT2D eigenvalue weighted by Crippen LogP contribution is 2.26. The monoisotopic (exact) mass is 461 g/mol. The molecular formula is C23H35N5O3S. The molecule has 2 fully saturated rings. The van der Waals surface area contributed by atoms with Gasteiger partial charge in [-0.3, -0.25) is 4.79 Å². The number of imidazole rings is 1. The number of aryl methyl sites for hydroxylation is 2. The number of likely N-dealkylation sites (N-methyl/N-ethyl adjacent to an activating group) is 1. The van der Waals surface area contributed by atoms with Gasteiger partial charge in [0.25, 0.3) is 0 Å². The molecule has 2 aliphatic rings. The third-order valence-corrected chi connectivity index (χ3v) is 8.38. The molecule has 1 N–H and O–H groups in total. The van der Waals surface area contributed by atoms with Gasteiger partial charge in [0.2, 0.25) is 15.9 Å². The number of rotatable bonds is 11. The zero-order valence-corrected chi connectivity index (χ0v) is 20.0. The van der Waals surface area contributed by atoms with Gasteiger partial charge in [-0.25, -0.2) is 13.4 Å². The summed E-state index contributed by atoms with van der Waals surface area (Å²) >= 11 is 0. The number of hydrogen-bond acceptors (Lipinski definition) is 5. The summed E-state index contributed by atoms with van der Waals surface area (Å²) in [6.07, 6.45) is 6.20.